The Bertz CT molecular complexity index is 707. The summed E-state index contributed by atoms with van der Waals surface area (Å²) >= 11 is 0. The van der Waals surface area contributed by atoms with E-state index in [0.717, 1.165) is 0 Å². The van der Waals surface area contributed by atoms with E-state index in [0.29, 0.717) is 12.2 Å². The van der Waals surface area contributed by atoms with E-state index in [-0.39, 0.29) is 36.5 Å². The SMILES string of the molecule is CC(OC(=O)O[C@@H]1C[C@@H](C)O[C@H]1CO)c1cc2c(cc1[N+](=O)[O-])OCO2. The molecule has 0 radical (unpaired) electrons. The summed E-state index contributed by atoms with van der Waals surface area (Å²) in [6.07, 6.45) is -2.93. The molecule has 0 bridgehead atoms. The lowest BCUT2D eigenvalue weighted by molar-refractivity contribution is -0.386. The van der Waals surface area contributed by atoms with E-state index in [1.165, 1.54) is 19.1 Å². The van der Waals surface area contributed by atoms with Crippen LogP contribution < -0.4 is 9.47 Å². The number of benzene rings is 1. The van der Waals surface area contributed by atoms with Crippen molar-refractivity contribution < 1.29 is 38.5 Å². The van der Waals surface area contributed by atoms with Crippen LogP contribution in [0.3, 0.4) is 0 Å². The minimum absolute atomic E-state index is 0.0321. The van der Waals surface area contributed by atoms with Gasteiger partial charge in [0.25, 0.3) is 5.69 Å². The van der Waals surface area contributed by atoms with Crippen molar-refractivity contribution in [3.63, 3.8) is 0 Å². The van der Waals surface area contributed by atoms with Crippen molar-refractivity contribution in [3.8, 4) is 11.5 Å². The normalized spacial score (nSPS) is 25.0. The van der Waals surface area contributed by atoms with Gasteiger partial charge in [-0.25, -0.2) is 4.79 Å². The first-order valence-electron chi connectivity index (χ1n) is 8.10. The number of aliphatic hydroxyl groups excluding tert-OH is 1. The molecule has 1 saturated heterocycles. The van der Waals surface area contributed by atoms with Crippen LogP contribution in [0.5, 0.6) is 11.5 Å². The van der Waals surface area contributed by atoms with Crippen molar-refractivity contribution in [3.05, 3.63) is 27.8 Å². The van der Waals surface area contributed by atoms with Crippen molar-refractivity contribution in [1.82, 2.24) is 0 Å². The molecule has 0 aliphatic carbocycles. The third-order valence-electron chi connectivity index (χ3n) is 4.24. The summed E-state index contributed by atoms with van der Waals surface area (Å²) in [7, 11) is 0. The average Bonchev–Trinajstić information content (AvgIpc) is 3.18. The highest BCUT2D eigenvalue weighted by Gasteiger charge is 2.36. The maximum Gasteiger partial charge on any atom is 0.509 e. The molecule has 1 unspecified atom stereocenters. The van der Waals surface area contributed by atoms with Crippen LogP contribution in [0.1, 0.15) is 31.9 Å². The lowest BCUT2D eigenvalue weighted by atomic mass is 10.1. The van der Waals surface area contributed by atoms with Gasteiger partial charge in [-0.15, -0.1) is 0 Å². The Morgan fingerprint density at radius 2 is 2.12 bits per heavy atom. The van der Waals surface area contributed by atoms with Crippen LogP contribution in [0.2, 0.25) is 0 Å². The minimum Gasteiger partial charge on any atom is -0.454 e. The summed E-state index contributed by atoms with van der Waals surface area (Å²) in [5.74, 6) is 0.603. The van der Waals surface area contributed by atoms with E-state index in [1.807, 2.05) is 0 Å². The minimum atomic E-state index is -0.995. The molecule has 26 heavy (non-hydrogen) atoms. The van der Waals surface area contributed by atoms with Crippen LogP contribution in [-0.4, -0.2) is 47.9 Å². The van der Waals surface area contributed by atoms with Gasteiger partial charge in [0, 0.05) is 6.42 Å². The fourth-order valence-electron chi connectivity index (χ4n) is 2.99. The summed E-state index contributed by atoms with van der Waals surface area (Å²) in [6.45, 7) is 2.97. The molecule has 0 aromatic heterocycles. The topological polar surface area (TPSA) is 127 Å². The van der Waals surface area contributed by atoms with Gasteiger partial charge in [-0.2, -0.15) is 0 Å². The molecule has 1 aromatic rings. The standard InChI is InChI=1S/C16H19NO9/c1-8-3-14(15(6-18)24-8)26-16(19)25-9(2)10-4-12-13(23-7-22-12)5-11(10)17(20)21/h4-5,8-9,14-15,18H,3,6-7H2,1-2H3/t8-,9?,14-,15+/m1/s1. The Morgan fingerprint density at radius 3 is 2.77 bits per heavy atom. The molecule has 142 valence electrons. The first kappa shape index (κ1) is 18.2. The number of carbonyl (C=O) groups is 1. The van der Waals surface area contributed by atoms with Gasteiger partial charge in [-0.3, -0.25) is 10.1 Å². The molecule has 0 amide bonds. The van der Waals surface area contributed by atoms with E-state index in [9.17, 15) is 20.0 Å². The molecule has 2 aliphatic heterocycles. The van der Waals surface area contributed by atoms with Gasteiger partial charge < -0.3 is 28.8 Å². The Labute approximate surface area is 148 Å². The molecule has 10 nitrogen and oxygen atoms in total. The van der Waals surface area contributed by atoms with Gasteiger partial charge >= 0.3 is 6.16 Å². The molecule has 0 saturated carbocycles. The quantitative estimate of drug-likeness (QED) is 0.471. The molecule has 10 heteroatoms. The molecule has 1 N–H and O–H groups in total. The number of ether oxygens (including phenoxy) is 5. The van der Waals surface area contributed by atoms with Gasteiger partial charge in [0.15, 0.2) is 11.5 Å². The fraction of sp³-hybridized carbons (Fsp3) is 0.562. The number of nitro benzene ring substituents is 1. The molecule has 3 rings (SSSR count). The van der Waals surface area contributed by atoms with Crippen molar-refractivity contribution in [2.24, 2.45) is 0 Å². The smallest absolute Gasteiger partial charge is 0.454 e. The number of aliphatic hydroxyl groups is 1. The monoisotopic (exact) mass is 369 g/mol. The zero-order valence-electron chi connectivity index (χ0n) is 14.2. The Hall–Kier alpha value is -2.59. The van der Waals surface area contributed by atoms with Crippen LogP contribution in [0.15, 0.2) is 12.1 Å². The predicted octanol–water partition coefficient (Wildman–Crippen LogP) is 2.08. The molecule has 4 atom stereocenters. The maximum absolute atomic E-state index is 12.1. The Kier molecular flexibility index (Phi) is 5.14. The summed E-state index contributed by atoms with van der Waals surface area (Å²) in [5.41, 5.74) is -0.0912. The van der Waals surface area contributed by atoms with Crippen LogP contribution in [0.25, 0.3) is 0 Å². The number of rotatable bonds is 5. The van der Waals surface area contributed by atoms with Gasteiger partial charge in [0.05, 0.1) is 29.3 Å². The van der Waals surface area contributed by atoms with Crippen LogP contribution in [0.4, 0.5) is 10.5 Å². The van der Waals surface area contributed by atoms with E-state index < -0.39 is 29.4 Å². The van der Waals surface area contributed by atoms with Crippen LogP contribution >= 0.6 is 0 Å². The highest BCUT2D eigenvalue weighted by atomic mass is 16.7. The summed E-state index contributed by atoms with van der Waals surface area (Å²) in [5, 5.41) is 20.6. The first-order valence-corrected chi connectivity index (χ1v) is 8.10. The molecular formula is C16H19NO9. The number of hydrogen-bond donors (Lipinski definition) is 1. The van der Waals surface area contributed by atoms with Crippen LogP contribution in [-0.2, 0) is 14.2 Å². The molecular weight excluding hydrogens is 350 g/mol. The van der Waals surface area contributed by atoms with Crippen molar-refractivity contribution in [2.45, 2.75) is 44.7 Å². The maximum atomic E-state index is 12.1. The second-order valence-corrected chi connectivity index (χ2v) is 6.09. The number of hydrogen-bond acceptors (Lipinski definition) is 9. The predicted molar refractivity (Wildman–Crippen MR) is 85.0 cm³/mol. The van der Waals surface area contributed by atoms with Crippen LogP contribution in [0, 0.1) is 10.1 Å². The third kappa shape index (κ3) is 3.65. The average molecular weight is 369 g/mol. The second kappa shape index (κ2) is 7.34. The summed E-state index contributed by atoms with van der Waals surface area (Å²) < 4.78 is 26.1. The largest absolute Gasteiger partial charge is 0.509 e. The number of carbonyl (C=O) groups excluding carboxylic acids is 1. The highest BCUT2D eigenvalue weighted by Crippen LogP contribution is 2.41. The summed E-state index contributed by atoms with van der Waals surface area (Å²) in [6, 6.07) is 2.65. The zero-order chi connectivity index (χ0) is 18.8. The van der Waals surface area contributed by atoms with Gasteiger partial charge in [-0.05, 0) is 19.9 Å². The Morgan fingerprint density at radius 1 is 1.42 bits per heavy atom. The molecule has 1 fully saturated rings. The number of fused-ring (bicyclic) bond motifs is 1. The molecule has 2 heterocycles. The number of nitrogens with zero attached hydrogens (tertiary/aromatic N) is 1. The lowest BCUT2D eigenvalue weighted by Gasteiger charge is -2.19. The highest BCUT2D eigenvalue weighted by molar-refractivity contribution is 5.62. The zero-order valence-corrected chi connectivity index (χ0v) is 14.2. The van der Waals surface area contributed by atoms with E-state index in [4.69, 9.17) is 23.7 Å². The molecule has 0 spiro atoms. The van der Waals surface area contributed by atoms with Crippen molar-refractivity contribution >= 4 is 11.8 Å². The third-order valence-corrected chi connectivity index (χ3v) is 4.24. The van der Waals surface area contributed by atoms with Crippen molar-refractivity contribution in [2.75, 3.05) is 13.4 Å². The second-order valence-electron chi connectivity index (χ2n) is 6.09. The van der Waals surface area contributed by atoms with E-state index in [1.54, 1.807) is 6.92 Å². The lowest BCUT2D eigenvalue weighted by Crippen LogP contribution is -2.30. The summed E-state index contributed by atoms with van der Waals surface area (Å²) in [4.78, 5) is 22.8. The Balaban J connectivity index is 1.70. The van der Waals surface area contributed by atoms with Gasteiger partial charge in [0.1, 0.15) is 18.3 Å². The van der Waals surface area contributed by atoms with E-state index >= 15 is 0 Å². The fourth-order valence-corrected chi connectivity index (χ4v) is 2.99. The van der Waals surface area contributed by atoms with Gasteiger partial charge in [-0.1, -0.05) is 0 Å². The molecule has 2 aliphatic rings. The van der Waals surface area contributed by atoms with Gasteiger partial charge in [0.2, 0.25) is 6.79 Å². The first-order chi connectivity index (χ1) is 12.4. The van der Waals surface area contributed by atoms with Crippen molar-refractivity contribution in [1.29, 1.82) is 0 Å². The number of nitro groups is 1. The molecule has 1 aromatic carbocycles. The van der Waals surface area contributed by atoms with E-state index in [2.05, 4.69) is 0 Å².